The summed E-state index contributed by atoms with van der Waals surface area (Å²) in [5, 5.41) is 11.0. The second kappa shape index (κ2) is 5.59. The lowest BCUT2D eigenvalue weighted by molar-refractivity contribution is 0.206. The highest BCUT2D eigenvalue weighted by molar-refractivity contribution is 9.10. The van der Waals surface area contributed by atoms with Crippen molar-refractivity contribution in [3.05, 3.63) is 45.7 Å². The molecule has 0 radical (unpaired) electrons. The first-order chi connectivity index (χ1) is 12.2. The fourth-order valence-corrected chi connectivity index (χ4v) is 5.19. The summed E-state index contributed by atoms with van der Waals surface area (Å²) in [5.74, 6) is 0.825. The van der Waals surface area contributed by atoms with Crippen molar-refractivity contribution >= 4 is 27.6 Å². The SMILES string of the molecule is O=C(Nc1cccc(Br)c1)N1CCc2[nH]nc(C34CCCC3C4)c2C1. The molecular formula is C19H21BrN4O. The average Bonchev–Trinajstić information content (AvgIpc) is 2.96. The van der Waals surface area contributed by atoms with Gasteiger partial charge >= 0.3 is 6.03 Å². The number of urea groups is 1. The van der Waals surface area contributed by atoms with Crippen LogP contribution in [0.1, 0.15) is 42.6 Å². The van der Waals surface area contributed by atoms with Crippen LogP contribution in [0.25, 0.3) is 0 Å². The van der Waals surface area contributed by atoms with Gasteiger partial charge in [0.05, 0.1) is 12.2 Å². The van der Waals surface area contributed by atoms with Gasteiger partial charge in [-0.15, -0.1) is 0 Å². The number of aromatic nitrogens is 2. The van der Waals surface area contributed by atoms with E-state index in [0.29, 0.717) is 12.0 Å². The monoisotopic (exact) mass is 400 g/mol. The maximum Gasteiger partial charge on any atom is 0.322 e. The predicted octanol–water partition coefficient (Wildman–Crippen LogP) is 4.20. The van der Waals surface area contributed by atoms with Crippen molar-refractivity contribution in [3.63, 3.8) is 0 Å². The quantitative estimate of drug-likeness (QED) is 0.792. The van der Waals surface area contributed by atoms with Crippen molar-refractivity contribution in [2.24, 2.45) is 5.92 Å². The number of benzene rings is 1. The highest BCUT2D eigenvalue weighted by Gasteiger charge is 2.60. The van der Waals surface area contributed by atoms with Gasteiger partial charge in [0.15, 0.2) is 0 Å². The molecule has 130 valence electrons. The van der Waals surface area contributed by atoms with E-state index in [-0.39, 0.29) is 6.03 Å². The fraction of sp³-hybridized carbons (Fsp3) is 0.474. The van der Waals surface area contributed by atoms with Crippen LogP contribution in [0.2, 0.25) is 0 Å². The number of aromatic amines is 1. The largest absolute Gasteiger partial charge is 0.322 e. The number of rotatable bonds is 2. The molecule has 0 saturated heterocycles. The first kappa shape index (κ1) is 15.4. The molecule has 5 rings (SSSR count). The third kappa shape index (κ3) is 2.49. The molecule has 2 saturated carbocycles. The molecule has 1 aromatic carbocycles. The zero-order chi connectivity index (χ0) is 17.0. The summed E-state index contributed by atoms with van der Waals surface area (Å²) in [6.45, 7) is 1.39. The number of nitrogens with one attached hydrogen (secondary N) is 2. The van der Waals surface area contributed by atoms with Crippen molar-refractivity contribution in [2.75, 3.05) is 11.9 Å². The molecule has 2 aliphatic carbocycles. The van der Waals surface area contributed by atoms with Gasteiger partial charge < -0.3 is 10.2 Å². The van der Waals surface area contributed by atoms with Gasteiger partial charge in [-0.2, -0.15) is 5.10 Å². The summed E-state index contributed by atoms with van der Waals surface area (Å²) in [7, 11) is 0. The van der Waals surface area contributed by atoms with Gasteiger partial charge in [0.2, 0.25) is 0 Å². The molecule has 2 aromatic rings. The Morgan fingerprint density at radius 2 is 2.36 bits per heavy atom. The van der Waals surface area contributed by atoms with Crippen molar-refractivity contribution in [1.82, 2.24) is 15.1 Å². The number of hydrogen-bond donors (Lipinski definition) is 2. The van der Waals surface area contributed by atoms with Crippen LogP contribution < -0.4 is 5.32 Å². The lowest BCUT2D eigenvalue weighted by Gasteiger charge is -2.28. The molecule has 5 nitrogen and oxygen atoms in total. The number of nitrogens with zero attached hydrogens (tertiary/aromatic N) is 2. The molecule has 2 fully saturated rings. The lowest BCUT2D eigenvalue weighted by Crippen LogP contribution is -2.39. The number of carbonyl (C=O) groups excluding carboxylic acids is 1. The number of amides is 2. The van der Waals surface area contributed by atoms with E-state index in [4.69, 9.17) is 5.10 Å². The van der Waals surface area contributed by atoms with Crippen LogP contribution in [0, 0.1) is 5.92 Å². The zero-order valence-electron chi connectivity index (χ0n) is 14.0. The Kier molecular flexibility index (Phi) is 3.45. The predicted molar refractivity (Wildman–Crippen MR) is 99.5 cm³/mol. The van der Waals surface area contributed by atoms with Crippen molar-refractivity contribution in [2.45, 2.75) is 44.1 Å². The molecule has 2 heterocycles. The smallest absolute Gasteiger partial charge is 0.320 e. The molecule has 2 atom stereocenters. The van der Waals surface area contributed by atoms with E-state index in [0.717, 1.165) is 29.0 Å². The lowest BCUT2D eigenvalue weighted by atomic mass is 9.92. The number of halogens is 1. The van der Waals surface area contributed by atoms with E-state index in [1.165, 1.54) is 42.6 Å². The summed E-state index contributed by atoms with van der Waals surface area (Å²) in [6, 6.07) is 7.67. The molecule has 6 heteroatoms. The summed E-state index contributed by atoms with van der Waals surface area (Å²) < 4.78 is 0.962. The summed E-state index contributed by atoms with van der Waals surface area (Å²) in [4.78, 5) is 14.6. The molecule has 1 aliphatic heterocycles. The Labute approximate surface area is 155 Å². The molecule has 0 spiro atoms. The molecule has 25 heavy (non-hydrogen) atoms. The van der Waals surface area contributed by atoms with Crippen LogP contribution >= 0.6 is 15.9 Å². The van der Waals surface area contributed by atoms with Crippen LogP contribution in [0.4, 0.5) is 10.5 Å². The van der Waals surface area contributed by atoms with Crippen LogP contribution in [0.5, 0.6) is 0 Å². The minimum absolute atomic E-state index is 0.0350. The molecule has 2 N–H and O–H groups in total. The zero-order valence-corrected chi connectivity index (χ0v) is 15.6. The maximum atomic E-state index is 12.7. The van der Waals surface area contributed by atoms with E-state index < -0.39 is 0 Å². The molecular weight excluding hydrogens is 380 g/mol. The topological polar surface area (TPSA) is 61.0 Å². The second-order valence-electron chi connectivity index (χ2n) is 7.59. The summed E-state index contributed by atoms with van der Waals surface area (Å²) in [6.07, 6.45) is 6.07. The van der Waals surface area contributed by atoms with Gasteiger partial charge in [-0.3, -0.25) is 5.10 Å². The van der Waals surface area contributed by atoms with E-state index in [1.807, 2.05) is 29.2 Å². The average molecular weight is 401 g/mol. The van der Waals surface area contributed by atoms with Crippen molar-refractivity contribution in [3.8, 4) is 0 Å². The first-order valence-electron chi connectivity index (χ1n) is 9.04. The van der Waals surface area contributed by atoms with E-state index in [1.54, 1.807) is 0 Å². The van der Waals surface area contributed by atoms with Gasteiger partial charge in [-0.1, -0.05) is 28.4 Å². The van der Waals surface area contributed by atoms with Gasteiger partial charge in [-0.05, 0) is 43.4 Å². The second-order valence-corrected chi connectivity index (χ2v) is 8.51. The minimum atomic E-state index is -0.0350. The molecule has 2 unspecified atom stereocenters. The minimum Gasteiger partial charge on any atom is -0.320 e. The van der Waals surface area contributed by atoms with Crippen LogP contribution in [0.3, 0.4) is 0 Å². The van der Waals surface area contributed by atoms with Crippen LogP contribution in [-0.2, 0) is 18.4 Å². The normalized spacial score (nSPS) is 26.9. The van der Waals surface area contributed by atoms with Gasteiger partial charge in [-0.25, -0.2) is 4.79 Å². The van der Waals surface area contributed by atoms with Crippen LogP contribution in [0.15, 0.2) is 28.7 Å². The number of hydrogen-bond acceptors (Lipinski definition) is 2. The molecule has 3 aliphatic rings. The third-order valence-corrected chi connectivity index (χ3v) is 6.67. The Hall–Kier alpha value is -1.82. The maximum absolute atomic E-state index is 12.7. The Balaban J connectivity index is 1.35. The summed E-state index contributed by atoms with van der Waals surface area (Å²) in [5.41, 5.74) is 4.90. The Morgan fingerprint density at radius 1 is 1.44 bits per heavy atom. The summed E-state index contributed by atoms with van der Waals surface area (Å²) >= 11 is 3.44. The molecule has 2 amide bonds. The molecule has 0 bridgehead atoms. The number of fused-ring (bicyclic) bond motifs is 2. The highest BCUT2D eigenvalue weighted by atomic mass is 79.9. The Morgan fingerprint density at radius 3 is 3.12 bits per heavy atom. The fourth-order valence-electron chi connectivity index (χ4n) is 4.79. The van der Waals surface area contributed by atoms with Gasteiger partial charge in [0, 0.05) is 39.8 Å². The van der Waals surface area contributed by atoms with Gasteiger partial charge in [0.25, 0.3) is 0 Å². The van der Waals surface area contributed by atoms with Gasteiger partial charge in [0.1, 0.15) is 0 Å². The van der Waals surface area contributed by atoms with E-state index in [2.05, 4.69) is 26.3 Å². The van der Waals surface area contributed by atoms with Crippen LogP contribution in [-0.4, -0.2) is 27.7 Å². The number of anilines is 1. The highest BCUT2D eigenvalue weighted by Crippen LogP contribution is 2.64. The van der Waals surface area contributed by atoms with E-state index in [9.17, 15) is 4.79 Å². The number of H-pyrrole nitrogens is 1. The van der Waals surface area contributed by atoms with Crippen molar-refractivity contribution in [1.29, 1.82) is 0 Å². The standard InChI is InChI=1S/C19H21BrN4O/c20-13-4-1-5-14(9-13)21-18(25)24-8-6-16-15(11-24)17(23-22-16)19-7-2-3-12(19)10-19/h1,4-5,9,12H,2-3,6-8,10-11H2,(H,21,25)(H,22,23). The van der Waals surface area contributed by atoms with E-state index >= 15 is 0 Å². The Bertz CT molecular complexity index is 848. The van der Waals surface area contributed by atoms with Crippen molar-refractivity contribution < 1.29 is 4.79 Å². The first-order valence-corrected chi connectivity index (χ1v) is 9.83. The molecule has 1 aromatic heterocycles. The number of carbonyl (C=O) groups is 1. The third-order valence-electron chi connectivity index (χ3n) is 6.18.